The summed E-state index contributed by atoms with van der Waals surface area (Å²) in [6.45, 7) is 0. The lowest BCUT2D eigenvalue weighted by molar-refractivity contribution is 0.886. The Morgan fingerprint density at radius 2 is 1.79 bits per heavy atom. The molecule has 0 aliphatic heterocycles. The van der Waals surface area contributed by atoms with E-state index in [2.05, 4.69) is 52.0 Å². The Kier molecular flexibility index (Phi) is 3.94. The molecule has 0 spiro atoms. The Hall–Kier alpha value is 0.0500. The maximum absolute atomic E-state index is 3.46. The largest absolute Gasteiger partial charge is 0.154 e. The van der Waals surface area contributed by atoms with Crippen LogP contribution in [0.3, 0.4) is 0 Å². The van der Waals surface area contributed by atoms with Gasteiger partial charge < -0.3 is 0 Å². The van der Waals surface area contributed by atoms with E-state index in [1.807, 2.05) is 0 Å². The van der Waals surface area contributed by atoms with Gasteiger partial charge in [-0.05, 0) is 30.5 Å². The second kappa shape index (κ2) is 5.22. The van der Waals surface area contributed by atoms with E-state index in [4.69, 9.17) is 0 Å². The predicted molar refractivity (Wildman–Crippen MR) is 67.7 cm³/mol. The fourth-order valence-corrected chi connectivity index (χ4v) is 3.40. The van der Waals surface area contributed by atoms with Gasteiger partial charge in [0.05, 0.1) is 0 Å². The van der Waals surface area contributed by atoms with Crippen molar-refractivity contribution in [3.63, 3.8) is 0 Å². The minimum Gasteiger partial charge on any atom is -0.154 e. The Labute approximate surface area is 98.6 Å². The third kappa shape index (κ3) is 3.03. The van der Waals surface area contributed by atoms with Gasteiger partial charge in [-0.25, -0.2) is 0 Å². The molecule has 2 rings (SSSR count). The van der Waals surface area contributed by atoms with Gasteiger partial charge in [-0.2, -0.15) is 11.8 Å². The van der Waals surface area contributed by atoms with Crippen LogP contribution in [-0.4, -0.2) is 5.25 Å². The molecule has 76 valence electrons. The van der Waals surface area contributed by atoms with Gasteiger partial charge in [0.1, 0.15) is 0 Å². The number of thioether (sulfide) groups is 1. The summed E-state index contributed by atoms with van der Waals surface area (Å²) in [7, 11) is 0. The summed E-state index contributed by atoms with van der Waals surface area (Å²) in [5.74, 6) is 1.18. The maximum atomic E-state index is 3.46. The van der Waals surface area contributed by atoms with Crippen molar-refractivity contribution < 1.29 is 0 Å². The molecule has 14 heavy (non-hydrogen) atoms. The summed E-state index contributed by atoms with van der Waals surface area (Å²) in [5.41, 5.74) is 1.45. The van der Waals surface area contributed by atoms with Crippen molar-refractivity contribution in [2.24, 2.45) is 0 Å². The number of halogens is 1. The van der Waals surface area contributed by atoms with Crippen LogP contribution in [0.1, 0.15) is 31.2 Å². The van der Waals surface area contributed by atoms with E-state index in [1.165, 1.54) is 41.5 Å². The average Bonchev–Trinajstić information content (AvgIpc) is 2.70. The second-order valence-electron chi connectivity index (χ2n) is 3.84. The third-order valence-electron chi connectivity index (χ3n) is 2.70. The molecule has 0 atom stereocenters. The molecule has 0 radical (unpaired) electrons. The summed E-state index contributed by atoms with van der Waals surface area (Å²) in [6.07, 6.45) is 5.75. The molecule has 1 aliphatic carbocycles. The fourth-order valence-electron chi connectivity index (χ4n) is 1.85. The van der Waals surface area contributed by atoms with Crippen LogP contribution in [0.2, 0.25) is 0 Å². The minimum atomic E-state index is 0.929. The molecule has 0 bridgehead atoms. The Balaban J connectivity index is 1.82. The summed E-state index contributed by atoms with van der Waals surface area (Å²) >= 11 is 5.58. The average molecular weight is 271 g/mol. The van der Waals surface area contributed by atoms with Gasteiger partial charge in [-0.3, -0.25) is 0 Å². The number of rotatable bonds is 3. The van der Waals surface area contributed by atoms with E-state index in [0.717, 1.165) is 5.25 Å². The van der Waals surface area contributed by atoms with E-state index in [0.29, 0.717) is 0 Å². The third-order valence-corrected chi connectivity index (χ3v) is 4.67. The van der Waals surface area contributed by atoms with Gasteiger partial charge in [-0.15, -0.1) is 0 Å². The first-order valence-corrected chi connectivity index (χ1v) is 7.05. The standard InChI is InChI=1S/C12H15BrS/c13-11-7-5-10(6-8-11)9-14-12-3-1-2-4-12/h5-8,12H,1-4,9H2. The highest BCUT2D eigenvalue weighted by Crippen LogP contribution is 2.31. The van der Waals surface area contributed by atoms with E-state index in [-0.39, 0.29) is 0 Å². The van der Waals surface area contributed by atoms with Gasteiger partial charge in [0.15, 0.2) is 0 Å². The highest BCUT2D eigenvalue weighted by atomic mass is 79.9. The Morgan fingerprint density at radius 3 is 2.43 bits per heavy atom. The lowest BCUT2D eigenvalue weighted by Crippen LogP contribution is -1.94. The molecule has 0 aromatic heterocycles. The van der Waals surface area contributed by atoms with Gasteiger partial charge in [0.2, 0.25) is 0 Å². The molecule has 1 fully saturated rings. The zero-order valence-electron chi connectivity index (χ0n) is 8.21. The quantitative estimate of drug-likeness (QED) is 0.772. The molecule has 0 saturated heterocycles. The first-order chi connectivity index (χ1) is 6.84. The Morgan fingerprint density at radius 1 is 1.14 bits per heavy atom. The SMILES string of the molecule is Brc1ccc(CSC2CCCC2)cc1. The molecular weight excluding hydrogens is 256 g/mol. The zero-order chi connectivity index (χ0) is 9.80. The van der Waals surface area contributed by atoms with E-state index < -0.39 is 0 Å². The molecule has 0 unspecified atom stereocenters. The van der Waals surface area contributed by atoms with Crippen LogP contribution in [0.5, 0.6) is 0 Å². The number of hydrogen-bond acceptors (Lipinski definition) is 1. The van der Waals surface area contributed by atoms with Crippen LogP contribution < -0.4 is 0 Å². The molecule has 1 aromatic carbocycles. The van der Waals surface area contributed by atoms with E-state index >= 15 is 0 Å². The van der Waals surface area contributed by atoms with Crippen molar-refractivity contribution >= 4 is 27.7 Å². The summed E-state index contributed by atoms with van der Waals surface area (Å²) in [4.78, 5) is 0. The second-order valence-corrected chi connectivity index (χ2v) is 6.05. The molecule has 0 nitrogen and oxygen atoms in total. The highest BCUT2D eigenvalue weighted by molar-refractivity contribution is 9.10. The summed E-state index contributed by atoms with van der Waals surface area (Å²) in [5, 5.41) is 0.929. The number of hydrogen-bond donors (Lipinski definition) is 0. The van der Waals surface area contributed by atoms with Gasteiger partial charge in [0.25, 0.3) is 0 Å². The van der Waals surface area contributed by atoms with Crippen molar-refractivity contribution in [1.82, 2.24) is 0 Å². The molecule has 1 saturated carbocycles. The van der Waals surface area contributed by atoms with E-state index in [1.54, 1.807) is 0 Å². The van der Waals surface area contributed by atoms with Crippen molar-refractivity contribution in [3.8, 4) is 0 Å². The fraction of sp³-hybridized carbons (Fsp3) is 0.500. The predicted octanol–water partition coefficient (Wildman–Crippen LogP) is 4.62. The van der Waals surface area contributed by atoms with Crippen molar-refractivity contribution in [2.45, 2.75) is 36.7 Å². The molecule has 0 amide bonds. The van der Waals surface area contributed by atoms with Gasteiger partial charge in [0, 0.05) is 15.5 Å². The number of benzene rings is 1. The van der Waals surface area contributed by atoms with Crippen molar-refractivity contribution in [3.05, 3.63) is 34.3 Å². The van der Waals surface area contributed by atoms with E-state index in [9.17, 15) is 0 Å². The normalized spacial score (nSPS) is 17.5. The topological polar surface area (TPSA) is 0 Å². The first-order valence-electron chi connectivity index (χ1n) is 5.20. The highest BCUT2D eigenvalue weighted by Gasteiger charge is 2.14. The van der Waals surface area contributed by atoms with Crippen molar-refractivity contribution in [1.29, 1.82) is 0 Å². The summed E-state index contributed by atoms with van der Waals surface area (Å²) < 4.78 is 1.17. The lowest BCUT2D eigenvalue weighted by atomic mass is 10.2. The molecule has 1 aliphatic rings. The van der Waals surface area contributed by atoms with Crippen LogP contribution in [0.15, 0.2) is 28.7 Å². The van der Waals surface area contributed by atoms with Crippen LogP contribution in [0.4, 0.5) is 0 Å². The molecule has 0 heterocycles. The van der Waals surface area contributed by atoms with Crippen molar-refractivity contribution in [2.75, 3.05) is 0 Å². The maximum Gasteiger partial charge on any atom is 0.0187 e. The molecule has 1 aromatic rings. The Bertz CT molecular complexity index is 275. The first kappa shape index (κ1) is 10.6. The van der Waals surface area contributed by atoms with Crippen LogP contribution in [0.25, 0.3) is 0 Å². The monoisotopic (exact) mass is 270 g/mol. The minimum absolute atomic E-state index is 0.929. The molecular formula is C12H15BrS. The van der Waals surface area contributed by atoms with Gasteiger partial charge in [-0.1, -0.05) is 40.9 Å². The molecule has 2 heteroatoms. The van der Waals surface area contributed by atoms with Gasteiger partial charge >= 0.3 is 0 Å². The van der Waals surface area contributed by atoms with Crippen LogP contribution >= 0.6 is 27.7 Å². The molecule has 0 N–H and O–H groups in total. The summed E-state index contributed by atoms with van der Waals surface area (Å²) in [6, 6.07) is 8.69. The zero-order valence-corrected chi connectivity index (χ0v) is 10.6. The lowest BCUT2D eigenvalue weighted by Gasteiger charge is -2.08. The van der Waals surface area contributed by atoms with Crippen LogP contribution in [0, 0.1) is 0 Å². The van der Waals surface area contributed by atoms with Crippen LogP contribution in [-0.2, 0) is 5.75 Å². The smallest absolute Gasteiger partial charge is 0.0187 e.